The van der Waals surface area contributed by atoms with Gasteiger partial charge in [0.1, 0.15) is 0 Å². The van der Waals surface area contributed by atoms with Crippen LogP contribution in [0.1, 0.15) is 30.4 Å². The standard InChI is InChI=1S/C20H20BrNO/c21-20-13-19(14-20,15-20)18(23)22(11-16-7-3-1-4-8-16)12-17-9-5-2-6-10-17/h1-10H,11-15H2. The summed E-state index contributed by atoms with van der Waals surface area (Å²) in [7, 11) is 0. The van der Waals surface area contributed by atoms with Crippen molar-refractivity contribution in [3.05, 3.63) is 71.8 Å². The van der Waals surface area contributed by atoms with Crippen LogP contribution in [-0.4, -0.2) is 15.1 Å². The molecule has 2 nitrogen and oxygen atoms in total. The highest BCUT2D eigenvalue weighted by molar-refractivity contribution is 9.10. The first-order valence-corrected chi connectivity index (χ1v) is 8.94. The Balaban J connectivity index is 1.55. The number of carbonyl (C=O) groups is 1. The molecule has 0 radical (unpaired) electrons. The van der Waals surface area contributed by atoms with Gasteiger partial charge in [0, 0.05) is 17.4 Å². The molecule has 1 amide bonds. The number of alkyl halides is 1. The molecule has 5 rings (SSSR count). The lowest BCUT2D eigenvalue weighted by molar-refractivity contribution is -0.170. The van der Waals surface area contributed by atoms with Crippen molar-refractivity contribution in [1.82, 2.24) is 4.90 Å². The number of hydrogen-bond donors (Lipinski definition) is 0. The SMILES string of the molecule is O=C(N(Cc1ccccc1)Cc1ccccc1)C12CC(Br)(C1)C2. The van der Waals surface area contributed by atoms with E-state index in [1.54, 1.807) is 0 Å². The van der Waals surface area contributed by atoms with E-state index in [2.05, 4.69) is 40.2 Å². The topological polar surface area (TPSA) is 20.3 Å². The molecule has 23 heavy (non-hydrogen) atoms. The Bertz CT molecular complexity index is 652. The molecule has 0 N–H and O–H groups in total. The van der Waals surface area contributed by atoms with Gasteiger partial charge >= 0.3 is 0 Å². The van der Waals surface area contributed by atoms with Gasteiger partial charge in [-0.1, -0.05) is 76.6 Å². The minimum atomic E-state index is -0.0902. The van der Waals surface area contributed by atoms with Gasteiger partial charge in [0.05, 0.1) is 5.41 Å². The van der Waals surface area contributed by atoms with E-state index >= 15 is 0 Å². The summed E-state index contributed by atoms with van der Waals surface area (Å²) >= 11 is 3.75. The lowest BCUT2D eigenvalue weighted by Crippen LogP contribution is -2.69. The van der Waals surface area contributed by atoms with Gasteiger partial charge in [-0.25, -0.2) is 0 Å². The summed E-state index contributed by atoms with van der Waals surface area (Å²) in [5.41, 5.74) is 2.29. The van der Waals surface area contributed by atoms with Gasteiger partial charge in [-0.3, -0.25) is 4.79 Å². The van der Waals surface area contributed by atoms with Gasteiger partial charge in [-0.2, -0.15) is 0 Å². The summed E-state index contributed by atoms with van der Waals surface area (Å²) < 4.78 is 0.272. The van der Waals surface area contributed by atoms with Crippen LogP contribution in [0.25, 0.3) is 0 Å². The Morgan fingerprint density at radius 2 is 1.30 bits per heavy atom. The Kier molecular flexibility index (Phi) is 3.56. The lowest BCUT2D eigenvalue weighted by Gasteiger charge is -2.67. The third kappa shape index (κ3) is 2.72. The fourth-order valence-electron chi connectivity index (χ4n) is 4.03. The normalized spacial score (nSPS) is 27.7. The van der Waals surface area contributed by atoms with Crippen LogP contribution >= 0.6 is 15.9 Å². The van der Waals surface area contributed by atoms with Crippen molar-refractivity contribution in [2.24, 2.45) is 5.41 Å². The molecule has 3 aliphatic carbocycles. The molecular formula is C20H20BrNO. The van der Waals surface area contributed by atoms with E-state index < -0.39 is 0 Å². The first-order valence-electron chi connectivity index (χ1n) is 8.15. The second-order valence-electron chi connectivity index (χ2n) is 7.09. The van der Waals surface area contributed by atoms with Crippen LogP contribution in [0, 0.1) is 5.41 Å². The lowest BCUT2D eigenvalue weighted by atomic mass is 9.43. The van der Waals surface area contributed by atoms with Gasteiger partial charge < -0.3 is 4.90 Å². The third-order valence-electron chi connectivity index (χ3n) is 5.14. The molecule has 0 spiro atoms. The Labute approximate surface area is 145 Å². The van der Waals surface area contributed by atoms with Crippen molar-refractivity contribution in [3.63, 3.8) is 0 Å². The maximum atomic E-state index is 13.1. The van der Waals surface area contributed by atoms with Crippen molar-refractivity contribution in [1.29, 1.82) is 0 Å². The highest BCUT2D eigenvalue weighted by Gasteiger charge is 2.71. The number of rotatable bonds is 5. The Hall–Kier alpha value is -1.61. The summed E-state index contributed by atoms with van der Waals surface area (Å²) in [4.78, 5) is 15.2. The Morgan fingerprint density at radius 1 is 0.870 bits per heavy atom. The average molecular weight is 370 g/mol. The minimum Gasteiger partial charge on any atom is -0.334 e. The first-order chi connectivity index (χ1) is 11.1. The smallest absolute Gasteiger partial charge is 0.229 e. The van der Waals surface area contributed by atoms with E-state index in [-0.39, 0.29) is 9.74 Å². The van der Waals surface area contributed by atoms with Crippen LogP contribution in [0.4, 0.5) is 0 Å². The first kappa shape index (κ1) is 14.9. The van der Waals surface area contributed by atoms with Crippen LogP contribution in [-0.2, 0) is 17.9 Å². The summed E-state index contributed by atoms with van der Waals surface area (Å²) in [6.07, 6.45) is 3.00. The van der Waals surface area contributed by atoms with Crippen LogP contribution in [0.3, 0.4) is 0 Å². The zero-order valence-corrected chi connectivity index (χ0v) is 14.6. The van der Waals surface area contributed by atoms with E-state index in [0.29, 0.717) is 19.0 Å². The molecule has 3 fully saturated rings. The molecule has 0 aliphatic heterocycles. The molecule has 3 aliphatic rings. The molecule has 0 saturated heterocycles. The van der Waals surface area contributed by atoms with Crippen molar-refractivity contribution < 1.29 is 4.79 Å². The fraction of sp³-hybridized carbons (Fsp3) is 0.350. The predicted molar refractivity (Wildman–Crippen MR) is 95.1 cm³/mol. The third-order valence-corrected chi connectivity index (χ3v) is 5.98. The highest BCUT2D eigenvalue weighted by atomic mass is 79.9. The quantitative estimate of drug-likeness (QED) is 0.708. The maximum absolute atomic E-state index is 13.1. The van der Waals surface area contributed by atoms with Crippen molar-refractivity contribution in [2.75, 3.05) is 0 Å². The molecule has 0 heterocycles. The molecule has 0 aromatic heterocycles. The zero-order valence-electron chi connectivity index (χ0n) is 13.0. The molecule has 2 aromatic rings. The monoisotopic (exact) mass is 369 g/mol. The molecular weight excluding hydrogens is 350 g/mol. The minimum absolute atomic E-state index is 0.0902. The van der Waals surface area contributed by atoms with Gasteiger partial charge in [0.2, 0.25) is 5.91 Å². The molecule has 2 aromatic carbocycles. The average Bonchev–Trinajstić information content (AvgIpc) is 2.52. The Morgan fingerprint density at radius 3 is 1.70 bits per heavy atom. The van der Waals surface area contributed by atoms with Crippen molar-refractivity contribution in [2.45, 2.75) is 36.7 Å². The van der Waals surface area contributed by atoms with E-state index in [1.165, 1.54) is 11.1 Å². The van der Waals surface area contributed by atoms with E-state index in [0.717, 1.165) is 19.3 Å². The number of nitrogens with zero attached hydrogens (tertiary/aromatic N) is 1. The summed E-state index contributed by atoms with van der Waals surface area (Å²) in [5.74, 6) is 0.325. The number of hydrogen-bond acceptors (Lipinski definition) is 1. The van der Waals surface area contributed by atoms with Crippen molar-refractivity contribution >= 4 is 21.8 Å². The highest BCUT2D eigenvalue weighted by Crippen LogP contribution is 2.72. The molecule has 3 heteroatoms. The van der Waals surface area contributed by atoms with Crippen LogP contribution < -0.4 is 0 Å². The zero-order chi connectivity index (χ0) is 15.9. The second kappa shape index (κ2) is 5.48. The van der Waals surface area contributed by atoms with E-state index in [9.17, 15) is 4.79 Å². The van der Waals surface area contributed by atoms with Gasteiger partial charge in [0.25, 0.3) is 0 Å². The van der Waals surface area contributed by atoms with Gasteiger partial charge in [-0.15, -0.1) is 0 Å². The molecule has 3 saturated carbocycles. The summed E-state index contributed by atoms with van der Waals surface area (Å²) in [5, 5.41) is 0. The summed E-state index contributed by atoms with van der Waals surface area (Å²) in [6.45, 7) is 1.37. The second-order valence-corrected chi connectivity index (χ2v) is 8.78. The molecule has 0 atom stereocenters. The number of carbonyl (C=O) groups excluding carboxylic acids is 1. The molecule has 2 bridgehead atoms. The summed E-state index contributed by atoms with van der Waals surface area (Å²) in [6, 6.07) is 20.6. The van der Waals surface area contributed by atoms with E-state index in [4.69, 9.17) is 0 Å². The fourth-order valence-corrected chi connectivity index (χ4v) is 5.64. The number of halogens is 1. The number of benzene rings is 2. The largest absolute Gasteiger partial charge is 0.334 e. The van der Waals surface area contributed by atoms with Crippen LogP contribution in [0.2, 0.25) is 0 Å². The van der Waals surface area contributed by atoms with Gasteiger partial charge in [0.15, 0.2) is 0 Å². The van der Waals surface area contributed by atoms with Crippen molar-refractivity contribution in [3.8, 4) is 0 Å². The van der Waals surface area contributed by atoms with E-state index in [1.807, 2.05) is 41.3 Å². The maximum Gasteiger partial charge on any atom is 0.229 e. The van der Waals surface area contributed by atoms with Crippen LogP contribution in [0.15, 0.2) is 60.7 Å². The van der Waals surface area contributed by atoms with Gasteiger partial charge in [-0.05, 0) is 30.4 Å². The predicted octanol–water partition coefficient (Wildman–Crippen LogP) is 4.53. The number of amides is 1. The van der Waals surface area contributed by atoms with Crippen LogP contribution in [0.5, 0.6) is 0 Å². The molecule has 118 valence electrons. The molecule has 0 unspecified atom stereocenters.